The summed E-state index contributed by atoms with van der Waals surface area (Å²) in [6.07, 6.45) is 0.477. The highest BCUT2D eigenvalue weighted by molar-refractivity contribution is 6.32. The van der Waals surface area contributed by atoms with Crippen LogP contribution in [0.15, 0.2) is 47.3 Å². The predicted molar refractivity (Wildman–Crippen MR) is 89.6 cm³/mol. The maximum Gasteiger partial charge on any atom is 0.343 e. The Bertz CT molecular complexity index is 902. The molecule has 23 heavy (non-hydrogen) atoms. The summed E-state index contributed by atoms with van der Waals surface area (Å²) < 4.78 is 7.25. The lowest BCUT2D eigenvalue weighted by molar-refractivity contribution is 0.482. The molecule has 3 aromatic rings. The van der Waals surface area contributed by atoms with Gasteiger partial charge in [-0.1, -0.05) is 41.4 Å². The molecule has 0 saturated heterocycles. The fraction of sp³-hybridized carbons (Fsp3) is 0.125. The maximum absolute atomic E-state index is 11.4. The third-order valence-electron chi connectivity index (χ3n) is 3.39. The molecule has 1 aromatic heterocycles. The van der Waals surface area contributed by atoms with Crippen molar-refractivity contribution in [3.05, 3.63) is 74.4 Å². The van der Waals surface area contributed by atoms with E-state index in [2.05, 4.69) is 10.2 Å². The van der Waals surface area contributed by atoms with Crippen LogP contribution in [-0.2, 0) is 13.5 Å². The number of halogens is 2. The van der Waals surface area contributed by atoms with Crippen LogP contribution in [0, 0.1) is 0 Å². The van der Waals surface area contributed by atoms with E-state index in [0.29, 0.717) is 33.8 Å². The summed E-state index contributed by atoms with van der Waals surface area (Å²) in [5.74, 6) is 1.65. The highest BCUT2D eigenvalue weighted by atomic mass is 35.5. The van der Waals surface area contributed by atoms with Crippen molar-refractivity contribution in [2.75, 3.05) is 0 Å². The molecule has 2 aromatic carbocycles. The van der Waals surface area contributed by atoms with E-state index in [1.807, 2.05) is 24.3 Å². The lowest BCUT2D eigenvalue weighted by Crippen LogP contribution is -2.14. The Hall–Kier alpha value is -2.24. The second-order valence-corrected chi connectivity index (χ2v) is 5.79. The van der Waals surface area contributed by atoms with Crippen molar-refractivity contribution in [2.45, 2.75) is 6.42 Å². The minimum Gasteiger partial charge on any atom is -0.454 e. The number of rotatable bonds is 4. The molecule has 0 aliphatic rings. The standard InChI is InChI=1S/C16H13Cl2N3O2/c1-21-15(19-20-16(21)22)9-10-6-7-12(18)14(8-10)23-13-5-3-2-4-11(13)17/h2-8H,9H2,1H3,(H,20,22). The number of nitrogens with zero attached hydrogens (tertiary/aromatic N) is 2. The molecule has 1 N–H and O–H groups in total. The van der Waals surface area contributed by atoms with Gasteiger partial charge in [0.25, 0.3) is 0 Å². The average Bonchev–Trinajstić information content (AvgIpc) is 2.85. The van der Waals surface area contributed by atoms with E-state index >= 15 is 0 Å². The molecule has 0 unspecified atom stereocenters. The van der Waals surface area contributed by atoms with E-state index in [-0.39, 0.29) is 5.69 Å². The maximum atomic E-state index is 11.4. The Kier molecular flexibility index (Phi) is 4.41. The Morgan fingerprint density at radius 3 is 2.57 bits per heavy atom. The molecule has 0 amide bonds. The summed E-state index contributed by atoms with van der Waals surface area (Å²) in [4.78, 5) is 11.4. The highest BCUT2D eigenvalue weighted by Gasteiger charge is 2.10. The van der Waals surface area contributed by atoms with E-state index in [1.54, 1.807) is 25.2 Å². The quantitative estimate of drug-likeness (QED) is 0.779. The van der Waals surface area contributed by atoms with E-state index < -0.39 is 0 Å². The van der Waals surface area contributed by atoms with Crippen LogP contribution < -0.4 is 10.4 Å². The second kappa shape index (κ2) is 6.48. The normalized spacial score (nSPS) is 10.7. The minimum atomic E-state index is -0.249. The van der Waals surface area contributed by atoms with E-state index in [0.717, 1.165) is 5.56 Å². The first-order valence-corrected chi connectivity index (χ1v) is 7.61. The van der Waals surface area contributed by atoms with Gasteiger partial charge in [0.2, 0.25) is 0 Å². The molecular weight excluding hydrogens is 337 g/mol. The summed E-state index contributed by atoms with van der Waals surface area (Å²) in [7, 11) is 1.66. The van der Waals surface area contributed by atoms with Crippen LogP contribution in [0.1, 0.15) is 11.4 Å². The lowest BCUT2D eigenvalue weighted by atomic mass is 10.1. The van der Waals surface area contributed by atoms with Crippen LogP contribution in [-0.4, -0.2) is 14.8 Å². The number of para-hydroxylation sites is 1. The molecule has 3 rings (SSSR count). The SMILES string of the molecule is Cn1c(Cc2ccc(Cl)c(Oc3ccccc3Cl)c2)n[nH]c1=O. The number of hydrogen-bond donors (Lipinski definition) is 1. The van der Waals surface area contributed by atoms with Gasteiger partial charge >= 0.3 is 5.69 Å². The minimum absolute atomic E-state index is 0.249. The van der Waals surface area contributed by atoms with E-state index in [1.165, 1.54) is 4.57 Å². The molecule has 1 heterocycles. The molecule has 118 valence electrons. The molecule has 0 aliphatic carbocycles. The third kappa shape index (κ3) is 3.41. The Morgan fingerprint density at radius 2 is 1.87 bits per heavy atom. The zero-order valence-corrected chi connectivity index (χ0v) is 13.7. The first kappa shape index (κ1) is 15.6. The zero-order valence-electron chi connectivity index (χ0n) is 12.2. The molecule has 0 aliphatic heterocycles. The topological polar surface area (TPSA) is 59.9 Å². The van der Waals surface area contributed by atoms with Gasteiger partial charge in [0.05, 0.1) is 10.0 Å². The van der Waals surface area contributed by atoms with Crippen LogP contribution in [0.3, 0.4) is 0 Å². The Morgan fingerprint density at radius 1 is 1.13 bits per heavy atom. The Labute approximate surface area is 142 Å². The third-order valence-corrected chi connectivity index (χ3v) is 4.01. The van der Waals surface area contributed by atoms with Crippen molar-refractivity contribution < 1.29 is 4.74 Å². The molecule has 7 heteroatoms. The summed E-state index contributed by atoms with van der Waals surface area (Å²) >= 11 is 12.3. The van der Waals surface area contributed by atoms with Gasteiger partial charge in [-0.2, -0.15) is 5.10 Å². The fourth-order valence-electron chi connectivity index (χ4n) is 2.10. The molecule has 5 nitrogen and oxygen atoms in total. The van der Waals surface area contributed by atoms with Gasteiger partial charge in [0, 0.05) is 13.5 Å². The molecule has 0 fully saturated rings. The van der Waals surface area contributed by atoms with Crippen LogP contribution in [0.25, 0.3) is 0 Å². The summed E-state index contributed by atoms with van der Waals surface area (Å²) in [5, 5.41) is 7.38. The average molecular weight is 350 g/mol. The van der Waals surface area contributed by atoms with Gasteiger partial charge in [-0.05, 0) is 29.8 Å². The highest BCUT2D eigenvalue weighted by Crippen LogP contribution is 2.34. The first-order valence-electron chi connectivity index (χ1n) is 6.85. The monoisotopic (exact) mass is 349 g/mol. The van der Waals surface area contributed by atoms with Gasteiger partial charge in [-0.25, -0.2) is 9.89 Å². The van der Waals surface area contributed by atoms with Crippen molar-refractivity contribution in [2.24, 2.45) is 7.05 Å². The summed E-state index contributed by atoms with van der Waals surface area (Å²) in [6.45, 7) is 0. The van der Waals surface area contributed by atoms with Gasteiger partial charge < -0.3 is 4.74 Å². The molecule has 0 atom stereocenters. The number of hydrogen-bond acceptors (Lipinski definition) is 3. The molecule has 0 radical (unpaired) electrons. The number of nitrogens with one attached hydrogen (secondary N) is 1. The molecular formula is C16H13Cl2N3O2. The van der Waals surface area contributed by atoms with Crippen molar-refractivity contribution in [1.29, 1.82) is 0 Å². The van der Waals surface area contributed by atoms with E-state index in [4.69, 9.17) is 27.9 Å². The van der Waals surface area contributed by atoms with Crippen molar-refractivity contribution in [3.63, 3.8) is 0 Å². The molecule has 0 bridgehead atoms. The van der Waals surface area contributed by atoms with Gasteiger partial charge in [-0.15, -0.1) is 0 Å². The number of aromatic nitrogens is 3. The fourth-order valence-corrected chi connectivity index (χ4v) is 2.43. The first-order chi connectivity index (χ1) is 11.0. The summed E-state index contributed by atoms with van der Waals surface area (Å²) in [5.41, 5.74) is 0.667. The number of benzene rings is 2. The van der Waals surface area contributed by atoms with Gasteiger partial charge in [0.1, 0.15) is 17.3 Å². The van der Waals surface area contributed by atoms with Crippen molar-refractivity contribution in [1.82, 2.24) is 14.8 Å². The smallest absolute Gasteiger partial charge is 0.343 e. The number of aromatic amines is 1. The van der Waals surface area contributed by atoms with Crippen molar-refractivity contribution >= 4 is 23.2 Å². The van der Waals surface area contributed by atoms with Crippen LogP contribution in [0.4, 0.5) is 0 Å². The molecule has 0 saturated carbocycles. The molecule has 0 spiro atoms. The largest absolute Gasteiger partial charge is 0.454 e. The zero-order chi connectivity index (χ0) is 16.4. The van der Waals surface area contributed by atoms with E-state index in [9.17, 15) is 4.79 Å². The van der Waals surface area contributed by atoms with Crippen LogP contribution >= 0.6 is 23.2 Å². The second-order valence-electron chi connectivity index (χ2n) is 4.98. The number of ether oxygens (including phenoxy) is 1. The predicted octanol–water partition coefficient (Wildman–Crippen LogP) is 3.80. The summed E-state index contributed by atoms with van der Waals surface area (Å²) in [6, 6.07) is 12.6. The number of H-pyrrole nitrogens is 1. The van der Waals surface area contributed by atoms with Crippen LogP contribution in [0.2, 0.25) is 10.0 Å². The van der Waals surface area contributed by atoms with Gasteiger partial charge in [-0.3, -0.25) is 4.57 Å². The van der Waals surface area contributed by atoms with Crippen LogP contribution in [0.5, 0.6) is 11.5 Å². The Balaban J connectivity index is 1.89. The lowest BCUT2D eigenvalue weighted by Gasteiger charge is -2.10. The van der Waals surface area contributed by atoms with Crippen molar-refractivity contribution in [3.8, 4) is 11.5 Å². The van der Waals surface area contributed by atoms with Gasteiger partial charge in [0.15, 0.2) is 0 Å².